The predicted octanol–water partition coefficient (Wildman–Crippen LogP) is 7.17. The highest BCUT2D eigenvalue weighted by Gasteiger charge is 2.09. The second-order valence-corrected chi connectivity index (χ2v) is 6.71. The van der Waals surface area contributed by atoms with Crippen LogP contribution in [0, 0.1) is 0 Å². The standard InChI is InChI=1S/C22H33N/c1-3-5-6-7-8-9-16-20(13-4-2)23-22-18-12-15-19-14-10-11-17-21(19)22/h10-12,14-15,17-18,20,23H,3-9,13,16H2,1-2H3. The third kappa shape index (κ3) is 5.89. The molecule has 0 bridgehead atoms. The van der Waals surface area contributed by atoms with Crippen LogP contribution in [0.15, 0.2) is 42.5 Å². The fourth-order valence-electron chi connectivity index (χ4n) is 3.38. The molecule has 1 unspecified atom stereocenters. The van der Waals surface area contributed by atoms with Crippen LogP contribution in [0.4, 0.5) is 5.69 Å². The van der Waals surface area contributed by atoms with Crippen LogP contribution < -0.4 is 5.32 Å². The maximum absolute atomic E-state index is 3.82. The smallest absolute Gasteiger partial charge is 0.0422 e. The van der Waals surface area contributed by atoms with Crippen molar-refractivity contribution in [1.82, 2.24) is 0 Å². The van der Waals surface area contributed by atoms with E-state index in [0.717, 1.165) is 0 Å². The van der Waals surface area contributed by atoms with Crippen LogP contribution in [0.5, 0.6) is 0 Å². The number of rotatable bonds is 11. The van der Waals surface area contributed by atoms with Crippen molar-refractivity contribution in [3.63, 3.8) is 0 Å². The first kappa shape index (κ1) is 17.8. The summed E-state index contributed by atoms with van der Waals surface area (Å²) in [6.45, 7) is 4.57. The van der Waals surface area contributed by atoms with Crippen LogP contribution in [-0.4, -0.2) is 6.04 Å². The summed E-state index contributed by atoms with van der Waals surface area (Å²) in [5.74, 6) is 0. The molecule has 0 amide bonds. The lowest BCUT2D eigenvalue weighted by molar-refractivity contribution is 0.529. The van der Waals surface area contributed by atoms with Crippen molar-refractivity contribution < 1.29 is 0 Å². The molecule has 0 saturated heterocycles. The minimum Gasteiger partial charge on any atom is -0.382 e. The van der Waals surface area contributed by atoms with E-state index in [0.29, 0.717) is 6.04 Å². The zero-order valence-corrected chi connectivity index (χ0v) is 15.0. The first-order valence-corrected chi connectivity index (χ1v) is 9.59. The van der Waals surface area contributed by atoms with E-state index < -0.39 is 0 Å². The fourth-order valence-corrected chi connectivity index (χ4v) is 3.38. The Labute approximate surface area is 142 Å². The van der Waals surface area contributed by atoms with Crippen molar-refractivity contribution in [3.05, 3.63) is 42.5 Å². The molecular formula is C22H33N. The molecule has 1 heteroatoms. The average molecular weight is 312 g/mol. The normalized spacial score (nSPS) is 12.4. The molecule has 0 aliphatic carbocycles. The number of fused-ring (bicyclic) bond motifs is 1. The molecule has 0 fully saturated rings. The molecule has 23 heavy (non-hydrogen) atoms. The van der Waals surface area contributed by atoms with Crippen molar-refractivity contribution >= 4 is 16.5 Å². The van der Waals surface area contributed by atoms with Crippen molar-refractivity contribution in [2.75, 3.05) is 5.32 Å². The van der Waals surface area contributed by atoms with Gasteiger partial charge in [-0.1, -0.05) is 95.2 Å². The zero-order chi connectivity index (χ0) is 16.3. The molecule has 2 aromatic rings. The summed E-state index contributed by atoms with van der Waals surface area (Å²) in [6.07, 6.45) is 12.1. The predicted molar refractivity (Wildman–Crippen MR) is 104 cm³/mol. The summed E-state index contributed by atoms with van der Waals surface area (Å²) in [5, 5.41) is 6.50. The van der Waals surface area contributed by atoms with E-state index in [1.165, 1.54) is 74.2 Å². The third-order valence-corrected chi connectivity index (χ3v) is 4.69. The van der Waals surface area contributed by atoms with Crippen LogP contribution in [0.2, 0.25) is 0 Å². The SMILES string of the molecule is CCCCCCCCC(CCC)Nc1cccc2ccccc12. The maximum atomic E-state index is 3.82. The first-order chi connectivity index (χ1) is 11.3. The van der Waals surface area contributed by atoms with E-state index in [1.807, 2.05) is 0 Å². The monoisotopic (exact) mass is 311 g/mol. The molecule has 1 N–H and O–H groups in total. The van der Waals surface area contributed by atoms with Gasteiger partial charge in [-0.25, -0.2) is 0 Å². The van der Waals surface area contributed by atoms with Gasteiger partial charge in [-0.15, -0.1) is 0 Å². The molecule has 0 aliphatic rings. The topological polar surface area (TPSA) is 12.0 Å². The second-order valence-electron chi connectivity index (χ2n) is 6.71. The Balaban J connectivity index is 1.90. The van der Waals surface area contributed by atoms with Gasteiger partial charge in [0.2, 0.25) is 0 Å². The quantitative estimate of drug-likeness (QED) is 0.434. The highest BCUT2D eigenvalue weighted by Crippen LogP contribution is 2.25. The van der Waals surface area contributed by atoms with Crippen LogP contribution in [0.1, 0.15) is 71.6 Å². The van der Waals surface area contributed by atoms with Crippen molar-refractivity contribution in [3.8, 4) is 0 Å². The van der Waals surface area contributed by atoms with Crippen molar-refractivity contribution in [2.45, 2.75) is 77.7 Å². The Morgan fingerprint density at radius 3 is 2.30 bits per heavy atom. The van der Waals surface area contributed by atoms with Crippen molar-refractivity contribution in [2.24, 2.45) is 0 Å². The van der Waals surface area contributed by atoms with Gasteiger partial charge in [-0.05, 0) is 24.3 Å². The van der Waals surface area contributed by atoms with Gasteiger partial charge in [0.05, 0.1) is 0 Å². The van der Waals surface area contributed by atoms with Crippen LogP contribution in [0.3, 0.4) is 0 Å². The molecule has 2 aromatic carbocycles. The second kappa shape index (κ2) is 10.3. The number of hydrogen-bond acceptors (Lipinski definition) is 1. The average Bonchev–Trinajstić information content (AvgIpc) is 2.58. The Kier molecular flexibility index (Phi) is 8.00. The summed E-state index contributed by atoms with van der Waals surface area (Å²) in [4.78, 5) is 0. The van der Waals surface area contributed by atoms with Gasteiger partial charge < -0.3 is 5.32 Å². The van der Waals surface area contributed by atoms with Gasteiger partial charge in [0.1, 0.15) is 0 Å². The third-order valence-electron chi connectivity index (χ3n) is 4.69. The lowest BCUT2D eigenvalue weighted by atomic mass is 10.0. The molecule has 0 aromatic heterocycles. The maximum Gasteiger partial charge on any atom is 0.0422 e. The number of anilines is 1. The molecule has 2 rings (SSSR count). The minimum absolute atomic E-state index is 0.608. The molecule has 0 radical (unpaired) electrons. The minimum atomic E-state index is 0.608. The summed E-state index contributed by atoms with van der Waals surface area (Å²) in [7, 11) is 0. The fraction of sp³-hybridized carbons (Fsp3) is 0.545. The summed E-state index contributed by atoms with van der Waals surface area (Å²) in [5.41, 5.74) is 1.30. The van der Waals surface area contributed by atoms with E-state index in [1.54, 1.807) is 0 Å². The molecule has 0 aliphatic heterocycles. The first-order valence-electron chi connectivity index (χ1n) is 9.59. The van der Waals surface area contributed by atoms with Gasteiger partial charge in [0.25, 0.3) is 0 Å². The van der Waals surface area contributed by atoms with E-state index >= 15 is 0 Å². The van der Waals surface area contributed by atoms with Crippen molar-refractivity contribution in [1.29, 1.82) is 0 Å². The van der Waals surface area contributed by atoms with E-state index in [4.69, 9.17) is 0 Å². The molecule has 0 saturated carbocycles. The zero-order valence-electron chi connectivity index (χ0n) is 15.0. The molecule has 1 nitrogen and oxygen atoms in total. The summed E-state index contributed by atoms with van der Waals surface area (Å²) in [6, 6.07) is 15.9. The Morgan fingerprint density at radius 1 is 0.739 bits per heavy atom. The van der Waals surface area contributed by atoms with Gasteiger partial charge in [0.15, 0.2) is 0 Å². The molecular weight excluding hydrogens is 278 g/mol. The van der Waals surface area contributed by atoms with Gasteiger partial charge in [-0.3, -0.25) is 0 Å². The summed E-state index contributed by atoms with van der Waals surface area (Å²) < 4.78 is 0. The lowest BCUT2D eigenvalue weighted by Gasteiger charge is -2.20. The summed E-state index contributed by atoms with van der Waals surface area (Å²) >= 11 is 0. The van der Waals surface area contributed by atoms with E-state index in [9.17, 15) is 0 Å². The van der Waals surface area contributed by atoms with E-state index in [2.05, 4.69) is 61.6 Å². The van der Waals surface area contributed by atoms with Gasteiger partial charge in [-0.2, -0.15) is 0 Å². The number of benzene rings is 2. The van der Waals surface area contributed by atoms with Crippen LogP contribution in [0.25, 0.3) is 10.8 Å². The van der Waals surface area contributed by atoms with Crippen LogP contribution >= 0.6 is 0 Å². The number of unbranched alkanes of at least 4 members (excludes halogenated alkanes) is 5. The number of hydrogen-bond donors (Lipinski definition) is 1. The van der Waals surface area contributed by atoms with Crippen LogP contribution in [-0.2, 0) is 0 Å². The van der Waals surface area contributed by atoms with Gasteiger partial charge >= 0.3 is 0 Å². The Bertz CT molecular complexity index is 555. The molecule has 126 valence electrons. The lowest BCUT2D eigenvalue weighted by Crippen LogP contribution is -2.19. The van der Waals surface area contributed by atoms with Gasteiger partial charge in [0, 0.05) is 17.1 Å². The Morgan fingerprint density at radius 2 is 1.48 bits per heavy atom. The molecule has 0 heterocycles. The number of nitrogens with one attached hydrogen (secondary N) is 1. The van der Waals surface area contributed by atoms with E-state index in [-0.39, 0.29) is 0 Å². The highest BCUT2D eigenvalue weighted by atomic mass is 14.9. The Hall–Kier alpha value is -1.50. The molecule has 1 atom stereocenters. The molecule has 0 spiro atoms. The largest absolute Gasteiger partial charge is 0.382 e. The highest BCUT2D eigenvalue weighted by molar-refractivity contribution is 5.93.